The normalized spacial score (nSPS) is 17.5. The average molecular weight is 376 g/mol. The number of ether oxygens (including phenoxy) is 2. The van der Waals surface area contributed by atoms with Crippen LogP contribution in [-0.2, 0) is 14.3 Å². The maximum Gasteiger partial charge on any atom is 0.181 e. The van der Waals surface area contributed by atoms with Gasteiger partial charge in [-0.15, -0.1) is 0 Å². The van der Waals surface area contributed by atoms with Crippen molar-refractivity contribution in [2.45, 2.75) is 12.8 Å². The van der Waals surface area contributed by atoms with Gasteiger partial charge in [0.05, 0.1) is 37.3 Å². The van der Waals surface area contributed by atoms with E-state index in [9.17, 15) is 4.79 Å². The molecule has 1 saturated heterocycles. The van der Waals surface area contributed by atoms with E-state index >= 15 is 0 Å². The molecule has 0 bridgehead atoms. The lowest BCUT2D eigenvalue weighted by Gasteiger charge is -2.30. The third kappa shape index (κ3) is 3.99. The summed E-state index contributed by atoms with van der Waals surface area (Å²) >= 11 is 0. The Labute approximate surface area is 165 Å². The van der Waals surface area contributed by atoms with Gasteiger partial charge in [-0.25, -0.2) is 4.98 Å². The maximum atomic E-state index is 12.5. The Morgan fingerprint density at radius 2 is 2.00 bits per heavy atom. The SMILES string of the molecule is COC1=CC=C(C(=O)C=Cc2cc(N3CCOCC3)c3ccccc3n2)CC1. The number of morpholine rings is 1. The van der Waals surface area contributed by atoms with Crippen molar-refractivity contribution in [2.24, 2.45) is 0 Å². The Morgan fingerprint density at radius 3 is 2.75 bits per heavy atom. The second kappa shape index (κ2) is 8.40. The Hall–Kier alpha value is -2.92. The number of pyridine rings is 1. The van der Waals surface area contributed by atoms with Crippen molar-refractivity contribution in [3.63, 3.8) is 0 Å². The number of benzene rings is 1. The lowest BCUT2D eigenvalue weighted by atomic mass is 9.99. The molecule has 28 heavy (non-hydrogen) atoms. The zero-order valence-corrected chi connectivity index (χ0v) is 16.1. The highest BCUT2D eigenvalue weighted by Gasteiger charge is 2.16. The Morgan fingerprint density at radius 1 is 1.18 bits per heavy atom. The first-order valence-corrected chi connectivity index (χ1v) is 9.63. The number of methoxy groups -OCH3 is 1. The number of nitrogens with zero attached hydrogens (tertiary/aromatic N) is 2. The highest BCUT2D eigenvalue weighted by Crippen LogP contribution is 2.28. The maximum absolute atomic E-state index is 12.5. The number of para-hydroxylation sites is 1. The number of aromatic nitrogens is 1. The summed E-state index contributed by atoms with van der Waals surface area (Å²) < 4.78 is 10.7. The van der Waals surface area contributed by atoms with E-state index in [0.29, 0.717) is 6.42 Å². The first-order valence-electron chi connectivity index (χ1n) is 9.63. The molecule has 2 aromatic rings. The van der Waals surface area contributed by atoms with Crippen LogP contribution in [-0.4, -0.2) is 44.2 Å². The van der Waals surface area contributed by atoms with Crippen LogP contribution in [0.1, 0.15) is 18.5 Å². The molecule has 0 atom stereocenters. The first kappa shape index (κ1) is 18.4. The second-order valence-electron chi connectivity index (χ2n) is 6.91. The molecule has 5 nitrogen and oxygen atoms in total. The van der Waals surface area contributed by atoms with Gasteiger partial charge in [-0.2, -0.15) is 0 Å². The third-order valence-electron chi connectivity index (χ3n) is 5.16. The van der Waals surface area contributed by atoms with Gasteiger partial charge in [0.2, 0.25) is 0 Å². The van der Waals surface area contributed by atoms with Gasteiger partial charge in [-0.05, 0) is 36.8 Å². The molecule has 0 radical (unpaired) electrons. The van der Waals surface area contributed by atoms with Gasteiger partial charge in [0.15, 0.2) is 5.78 Å². The molecule has 5 heteroatoms. The Kier molecular flexibility index (Phi) is 5.53. The zero-order chi connectivity index (χ0) is 19.3. The standard InChI is InChI=1S/C23H24N2O3/c1-27-19-9-6-17(7-10-19)23(26)11-8-18-16-22(25-12-14-28-15-13-25)20-4-2-3-5-21(20)24-18/h2-6,8-9,11,16H,7,10,12-15H2,1H3. The molecule has 2 heterocycles. The molecule has 1 aliphatic carbocycles. The molecule has 1 aliphatic heterocycles. The highest BCUT2D eigenvalue weighted by atomic mass is 16.5. The molecule has 4 rings (SSSR count). The fourth-order valence-corrected chi connectivity index (χ4v) is 3.59. The van der Waals surface area contributed by atoms with Crippen molar-refractivity contribution in [1.29, 1.82) is 0 Å². The van der Waals surface area contributed by atoms with Crippen LogP contribution in [0.15, 0.2) is 59.9 Å². The van der Waals surface area contributed by atoms with Gasteiger partial charge in [0, 0.05) is 36.2 Å². The number of carbonyl (C=O) groups excluding carboxylic acids is 1. The van der Waals surface area contributed by atoms with Crippen LogP contribution in [0.5, 0.6) is 0 Å². The van der Waals surface area contributed by atoms with Gasteiger partial charge in [-0.3, -0.25) is 4.79 Å². The fourth-order valence-electron chi connectivity index (χ4n) is 3.59. The molecule has 1 fully saturated rings. The highest BCUT2D eigenvalue weighted by molar-refractivity contribution is 6.06. The van der Waals surface area contributed by atoms with Gasteiger partial charge in [-0.1, -0.05) is 24.3 Å². The van der Waals surface area contributed by atoms with Crippen LogP contribution >= 0.6 is 0 Å². The van der Waals surface area contributed by atoms with E-state index in [1.54, 1.807) is 13.2 Å². The number of fused-ring (bicyclic) bond motifs is 1. The van der Waals surface area contributed by atoms with Gasteiger partial charge < -0.3 is 14.4 Å². The summed E-state index contributed by atoms with van der Waals surface area (Å²) in [7, 11) is 1.66. The van der Waals surface area contributed by atoms with Crippen LogP contribution in [0.25, 0.3) is 17.0 Å². The molecular formula is C23H24N2O3. The summed E-state index contributed by atoms with van der Waals surface area (Å²) in [4.78, 5) is 19.6. The summed E-state index contributed by atoms with van der Waals surface area (Å²) in [6, 6.07) is 10.2. The molecule has 0 N–H and O–H groups in total. The van der Waals surface area contributed by atoms with Crippen molar-refractivity contribution in [1.82, 2.24) is 4.98 Å². The molecule has 0 saturated carbocycles. The summed E-state index contributed by atoms with van der Waals surface area (Å²) in [6.07, 6.45) is 8.62. The number of allylic oxidation sites excluding steroid dienone is 5. The summed E-state index contributed by atoms with van der Waals surface area (Å²) in [5, 5.41) is 1.13. The number of hydrogen-bond donors (Lipinski definition) is 0. The molecule has 1 aromatic heterocycles. The van der Waals surface area contributed by atoms with Crippen molar-refractivity contribution in [3.05, 3.63) is 65.6 Å². The minimum atomic E-state index is 0.0225. The third-order valence-corrected chi connectivity index (χ3v) is 5.16. The second-order valence-corrected chi connectivity index (χ2v) is 6.91. The van der Waals surface area contributed by atoms with Crippen LogP contribution in [0, 0.1) is 0 Å². The number of anilines is 1. The number of ketones is 1. The molecule has 0 amide bonds. The van der Waals surface area contributed by atoms with E-state index in [-0.39, 0.29) is 5.78 Å². The van der Waals surface area contributed by atoms with E-state index in [1.165, 1.54) is 0 Å². The van der Waals surface area contributed by atoms with Crippen molar-refractivity contribution in [2.75, 3.05) is 38.3 Å². The van der Waals surface area contributed by atoms with E-state index < -0.39 is 0 Å². The molecule has 0 unspecified atom stereocenters. The number of carbonyl (C=O) groups is 1. The van der Waals surface area contributed by atoms with Crippen molar-refractivity contribution >= 4 is 28.4 Å². The largest absolute Gasteiger partial charge is 0.501 e. The van der Waals surface area contributed by atoms with E-state index in [1.807, 2.05) is 36.4 Å². The molecule has 2 aliphatic rings. The van der Waals surface area contributed by atoms with Crippen LogP contribution in [0.4, 0.5) is 5.69 Å². The number of hydrogen-bond acceptors (Lipinski definition) is 5. The average Bonchev–Trinajstić information content (AvgIpc) is 2.77. The van der Waals surface area contributed by atoms with Crippen LogP contribution < -0.4 is 4.90 Å². The monoisotopic (exact) mass is 376 g/mol. The van der Waals surface area contributed by atoms with Crippen molar-refractivity contribution < 1.29 is 14.3 Å². The van der Waals surface area contributed by atoms with Crippen LogP contribution in [0.2, 0.25) is 0 Å². The van der Waals surface area contributed by atoms with Crippen molar-refractivity contribution in [3.8, 4) is 0 Å². The predicted molar refractivity (Wildman–Crippen MR) is 111 cm³/mol. The lowest BCUT2D eigenvalue weighted by molar-refractivity contribution is -0.111. The molecule has 0 spiro atoms. The Balaban J connectivity index is 1.62. The Bertz CT molecular complexity index is 969. The molecular weight excluding hydrogens is 352 g/mol. The van der Waals surface area contributed by atoms with E-state index in [4.69, 9.17) is 14.5 Å². The summed E-state index contributed by atoms with van der Waals surface area (Å²) in [5.74, 6) is 0.932. The quantitative estimate of drug-likeness (QED) is 0.741. The predicted octanol–water partition coefficient (Wildman–Crippen LogP) is 3.90. The lowest BCUT2D eigenvalue weighted by Crippen LogP contribution is -2.36. The first-order chi connectivity index (χ1) is 13.7. The van der Waals surface area contributed by atoms with Gasteiger partial charge in [0.1, 0.15) is 0 Å². The minimum Gasteiger partial charge on any atom is -0.501 e. The molecule has 1 aromatic carbocycles. The smallest absolute Gasteiger partial charge is 0.181 e. The number of rotatable bonds is 5. The van der Waals surface area contributed by atoms with Gasteiger partial charge >= 0.3 is 0 Å². The fraction of sp³-hybridized carbons (Fsp3) is 0.304. The minimum absolute atomic E-state index is 0.0225. The van der Waals surface area contributed by atoms with Gasteiger partial charge in [0.25, 0.3) is 0 Å². The van der Waals surface area contributed by atoms with E-state index in [2.05, 4.69) is 17.0 Å². The molecule has 144 valence electrons. The summed E-state index contributed by atoms with van der Waals surface area (Å²) in [6.45, 7) is 3.17. The zero-order valence-electron chi connectivity index (χ0n) is 16.1. The topological polar surface area (TPSA) is 51.7 Å². The van der Waals surface area contributed by atoms with Crippen LogP contribution in [0.3, 0.4) is 0 Å². The summed E-state index contributed by atoms with van der Waals surface area (Å²) in [5.41, 5.74) is 3.66. The van der Waals surface area contributed by atoms with E-state index in [0.717, 1.165) is 66.3 Å².